The summed E-state index contributed by atoms with van der Waals surface area (Å²) in [6, 6.07) is 18.8. The summed E-state index contributed by atoms with van der Waals surface area (Å²) < 4.78 is 26.6. The molecule has 0 atom stereocenters. The monoisotopic (exact) mass is 504 g/mol. The average Bonchev–Trinajstić information content (AvgIpc) is 3.20. The number of fused-ring (bicyclic) bond motifs is 1. The maximum atomic E-state index is 13.3. The molecule has 0 saturated carbocycles. The highest BCUT2D eigenvalue weighted by Crippen LogP contribution is 2.34. The molecular formula is C23H18Cl2N2O3S2. The van der Waals surface area contributed by atoms with Gasteiger partial charge in [-0.15, -0.1) is 0 Å². The van der Waals surface area contributed by atoms with Crippen LogP contribution in [0.3, 0.4) is 0 Å². The Morgan fingerprint density at radius 2 is 1.69 bits per heavy atom. The fourth-order valence-corrected chi connectivity index (χ4v) is 5.72. The smallest absolute Gasteiger partial charge is 0.244 e. The number of nitrogens with zero attached hydrogens (tertiary/aromatic N) is 2. The minimum Gasteiger partial charge on any atom is -0.283 e. The molecule has 3 aromatic carbocycles. The van der Waals surface area contributed by atoms with Gasteiger partial charge in [-0.3, -0.25) is 9.69 Å². The van der Waals surface area contributed by atoms with Gasteiger partial charge in [0.15, 0.2) is 15.0 Å². The first-order chi connectivity index (χ1) is 15.2. The molecule has 9 heteroatoms. The Kier molecular flexibility index (Phi) is 6.53. The van der Waals surface area contributed by atoms with E-state index in [1.54, 1.807) is 6.07 Å². The van der Waals surface area contributed by atoms with Crippen LogP contribution in [0.2, 0.25) is 10.0 Å². The first-order valence-electron chi connectivity index (χ1n) is 9.63. The summed E-state index contributed by atoms with van der Waals surface area (Å²) >= 11 is 13.4. The number of carbonyl (C=O) groups is 1. The van der Waals surface area contributed by atoms with Gasteiger partial charge in [0.2, 0.25) is 5.91 Å². The third-order valence-electron chi connectivity index (χ3n) is 4.94. The number of anilines is 1. The normalized spacial score (nSPS) is 11.6. The Hall–Kier alpha value is -2.45. The lowest BCUT2D eigenvalue weighted by molar-refractivity contribution is -0.116. The van der Waals surface area contributed by atoms with E-state index in [1.165, 1.54) is 40.5 Å². The van der Waals surface area contributed by atoms with Crippen molar-refractivity contribution in [3.05, 3.63) is 87.9 Å². The quantitative estimate of drug-likeness (QED) is 0.326. The van der Waals surface area contributed by atoms with Gasteiger partial charge in [-0.1, -0.05) is 64.9 Å². The first kappa shape index (κ1) is 22.7. The van der Waals surface area contributed by atoms with Gasteiger partial charge in [0, 0.05) is 10.0 Å². The molecule has 1 heterocycles. The molecule has 164 valence electrons. The number of halogens is 2. The second-order valence-corrected chi connectivity index (χ2v) is 11.0. The molecule has 32 heavy (non-hydrogen) atoms. The molecule has 4 rings (SSSR count). The van der Waals surface area contributed by atoms with Crippen molar-refractivity contribution in [3.63, 3.8) is 0 Å². The number of benzene rings is 3. The van der Waals surface area contributed by atoms with Crippen LogP contribution in [0.15, 0.2) is 71.6 Å². The number of rotatable bonds is 6. The third-order valence-corrected chi connectivity index (χ3v) is 8.26. The highest BCUT2D eigenvalue weighted by atomic mass is 35.5. The van der Waals surface area contributed by atoms with E-state index in [0.29, 0.717) is 20.7 Å². The lowest BCUT2D eigenvalue weighted by atomic mass is 10.2. The van der Waals surface area contributed by atoms with E-state index in [4.69, 9.17) is 23.2 Å². The summed E-state index contributed by atoms with van der Waals surface area (Å²) in [5, 5.41) is 1.43. The number of hydrogen-bond acceptors (Lipinski definition) is 5. The number of hydrogen-bond donors (Lipinski definition) is 0. The van der Waals surface area contributed by atoms with E-state index in [2.05, 4.69) is 4.98 Å². The van der Waals surface area contributed by atoms with Gasteiger partial charge >= 0.3 is 0 Å². The maximum absolute atomic E-state index is 13.3. The largest absolute Gasteiger partial charge is 0.283 e. The Labute approximate surface area is 200 Å². The number of aromatic nitrogens is 1. The molecule has 0 saturated heterocycles. The van der Waals surface area contributed by atoms with Crippen LogP contribution in [-0.2, 0) is 21.2 Å². The van der Waals surface area contributed by atoms with Crippen LogP contribution < -0.4 is 4.90 Å². The summed E-state index contributed by atoms with van der Waals surface area (Å²) in [6.07, 6.45) is 0. The number of carbonyl (C=O) groups excluding carboxylic acids is 1. The fraction of sp³-hybridized carbons (Fsp3) is 0.130. The predicted octanol–water partition coefficient (Wildman–Crippen LogP) is 5.92. The van der Waals surface area contributed by atoms with Gasteiger partial charge in [-0.2, -0.15) is 0 Å². The van der Waals surface area contributed by atoms with E-state index >= 15 is 0 Å². The molecule has 0 aliphatic heterocycles. The number of aryl methyl sites for hydroxylation is 1. The summed E-state index contributed by atoms with van der Waals surface area (Å²) in [6.45, 7) is 2.06. The Balaban J connectivity index is 1.71. The highest BCUT2D eigenvalue weighted by Gasteiger charge is 2.27. The Morgan fingerprint density at radius 3 is 2.38 bits per heavy atom. The summed E-state index contributed by atoms with van der Waals surface area (Å²) in [5.74, 6) is -1.25. The van der Waals surface area contributed by atoms with E-state index in [1.807, 2.05) is 43.3 Å². The zero-order valence-corrected chi connectivity index (χ0v) is 20.1. The third kappa shape index (κ3) is 4.81. The van der Waals surface area contributed by atoms with Crippen LogP contribution in [0, 0.1) is 6.92 Å². The molecule has 0 bridgehead atoms. The van der Waals surface area contributed by atoms with Crippen molar-refractivity contribution < 1.29 is 13.2 Å². The first-order valence-corrected chi connectivity index (χ1v) is 12.9. The second-order valence-electron chi connectivity index (χ2n) is 7.19. The minimum atomic E-state index is -3.86. The van der Waals surface area contributed by atoms with Crippen molar-refractivity contribution >= 4 is 65.6 Å². The van der Waals surface area contributed by atoms with Crippen LogP contribution in [0.5, 0.6) is 0 Å². The van der Waals surface area contributed by atoms with Gasteiger partial charge in [0.25, 0.3) is 0 Å². The molecule has 0 fully saturated rings. The van der Waals surface area contributed by atoms with E-state index in [9.17, 15) is 13.2 Å². The molecule has 0 N–H and O–H groups in total. The number of amides is 1. The topological polar surface area (TPSA) is 67.3 Å². The van der Waals surface area contributed by atoms with Crippen molar-refractivity contribution in [2.24, 2.45) is 0 Å². The molecule has 1 amide bonds. The highest BCUT2D eigenvalue weighted by molar-refractivity contribution is 7.92. The van der Waals surface area contributed by atoms with Gasteiger partial charge in [-0.05, 0) is 54.4 Å². The van der Waals surface area contributed by atoms with Crippen molar-refractivity contribution in [2.45, 2.75) is 18.4 Å². The van der Waals surface area contributed by atoms with Crippen molar-refractivity contribution in [1.29, 1.82) is 0 Å². The SMILES string of the molecule is Cc1c(Cl)ccc2sc(N(Cc3ccccc3)C(=O)CS(=O)(=O)c3ccc(Cl)cc3)nc12. The van der Waals surface area contributed by atoms with Crippen molar-refractivity contribution in [3.8, 4) is 0 Å². The van der Waals surface area contributed by atoms with Gasteiger partial charge in [0.1, 0.15) is 5.75 Å². The summed E-state index contributed by atoms with van der Waals surface area (Å²) in [5.41, 5.74) is 2.37. The molecule has 0 spiro atoms. The van der Waals surface area contributed by atoms with E-state index < -0.39 is 21.5 Å². The molecule has 0 unspecified atom stereocenters. The van der Waals surface area contributed by atoms with Crippen LogP contribution in [-0.4, -0.2) is 25.1 Å². The molecule has 1 aromatic heterocycles. The van der Waals surface area contributed by atoms with Crippen molar-refractivity contribution in [1.82, 2.24) is 4.98 Å². The standard InChI is InChI=1S/C23H18Cl2N2O3S2/c1-15-19(25)11-12-20-22(15)26-23(31-20)27(13-16-5-3-2-4-6-16)21(28)14-32(29,30)18-9-7-17(24)8-10-18/h2-12H,13-14H2,1H3. The maximum Gasteiger partial charge on any atom is 0.244 e. The zero-order valence-electron chi connectivity index (χ0n) is 17.0. The van der Waals surface area contributed by atoms with Crippen LogP contribution >= 0.6 is 34.5 Å². The van der Waals surface area contributed by atoms with Gasteiger partial charge < -0.3 is 0 Å². The van der Waals surface area contributed by atoms with Crippen molar-refractivity contribution in [2.75, 3.05) is 10.7 Å². The number of thiazole rings is 1. The van der Waals surface area contributed by atoms with Crippen LogP contribution in [0.4, 0.5) is 5.13 Å². The van der Waals surface area contributed by atoms with Crippen LogP contribution in [0.1, 0.15) is 11.1 Å². The van der Waals surface area contributed by atoms with E-state index in [0.717, 1.165) is 15.8 Å². The predicted molar refractivity (Wildman–Crippen MR) is 131 cm³/mol. The minimum absolute atomic E-state index is 0.0434. The summed E-state index contributed by atoms with van der Waals surface area (Å²) in [4.78, 5) is 19.4. The molecule has 5 nitrogen and oxygen atoms in total. The number of sulfone groups is 1. The Bertz CT molecular complexity index is 1390. The second kappa shape index (κ2) is 9.19. The molecule has 0 radical (unpaired) electrons. The zero-order chi connectivity index (χ0) is 22.9. The molecule has 0 aliphatic carbocycles. The average molecular weight is 505 g/mol. The van der Waals surface area contributed by atoms with Gasteiger partial charge in [-0.25, -0.2) is 13.4 Å². The summed E-state index contributed by atoms with van der Waals surface area (Å²) in [7, 11) is -3.86. The van der Waals surface area contributed by atoms with Gasteiger partial charge in [0.05, 0.1) is 21.7 Å². The van der Waals surface area contributed by atoms with E-state index in [-0.39, 0.29) is 11.4 Å². The van der Waals surface area contributed by atoms with Crippen LogP contribution in [0.25, 0.3) is 10.2 Å². The molecular weight excluding hydrogens is 487 g/mol. The molecule has 0 aliphatic rings. The Morgan fingerprint density at radius 1 is 1.00 bits per heavy atom. The lowest BCUT2D eigenvalue weighted by Gasteiger charge is -2.20. The fourth-order valence-electron chi connectivity index (χ4n) is 3.20. The lowest BCUT2D eigenvalue weighted by Crippen LogP contribution is -2.35. The molecule has 4 aromatic rings.